The second-order valence-corrected chi connectivity index (χ2v) is 5.04. The number of non-ortho nitro benzene ring substituents is 1. The normalized spacial score (nSPS) is 10.8. The van der Waals surface area contributed by atoms with E-state index in [1.807, 2.05) is 0 Å². The molecule has 0 aliphatic heterocycles. The lowest BCUT2D eigenvalue weighted by molar-refractivity contribution is -0.384. The van der Waals surface area contributed by atoms with Crippen molar-refractivity contribution in [2.45, 2.75) is 6.92 Å². The number of carbonyl (C=O) groups is 1. The summed E-state index contributed by atoms with van der Waals surface area (Å²) in [5.41, 5.74) is 6.86. The number of aryl methyl sites for hydroxylation is 1. The van der Waals surface area contributed by atoms with Crippen molar-refractivity contribution in [3.8, 4) is 0 Å². The number of hydrogen-bond donors (Lipinski definition) is 1. The molecule has 2 N–H and O–H groups in total. The summed E-state index contributed by atoms with van der Waals surface area (Å²) in [4.78, 5) is 26.5. The highest BCUT2D eigenvalue weighted by atomic mass is 32.1. The summed E-state index contributed by atoms with van der Waals surface area (Å²) in [7, 11) is 0. The largest absolute Gasteiger partial charge is 0.375 e. The topological polar surface area (TPSA) is 99.1 Å². The molecule has 0 radical (unpaired) electrons. The van der Waals surface area contributed by atoms with Gasteiger partial charge in [0.15, 0.2) is 10.9 Å². The molecule has 0 spiro atoms. The molecule has 0 atom stereocenters. The monoisotopic (exact) mass is 289 g/mol. The molecular weight excluding hydrogens is 278 g/mol. The molecule has 0 amide bonds. The molecule has 0 unspecified atom stereocenters. The minimum absolute atomic E-state index is 0.0135. The van der Waals surface area contributed by atoms with Crippen LogP contribution in [0.15, 0.2) is 30.3 Å². The lowest BCUT2D eigenvalue weighted by Crippen LogP contribution is -1.93. The molecule has 7 heteroatoms. The lowest BCUT2D eigenvalue weighted by atomic mass is 10.1. The Morgan fingerprint density at radius 3 is 2.55 bits per heavy atom. The van der Waals surface area contributed by atoms with Crippen LogP contribution in [0.5, 0.6) is 0 Å². The molecule has 0 bridgehead atoms. The SMILES string of the molecule is Cc1nc(N)sc1C(=O)/C=C/c1ccc([N+](=O)[O-])cc1. The van der Waals surface area contributed by atoms with Gasteiger partial charge in [0.1, 0.15) is 0 Å². The van der Waals surface area contributed by atoms with E-state index in [-0.39, 0.29) is 11.5 Å². The van der Waals surface area contributed by atoms with E-state index >= 15 is 0 Å². The van der Waals surface area contributed by atoms with Gasteiger partial charge in [0.25, 0.3) is 5.69 Å². The van der Waals surface area contributed by atoms with E-state index in [4.69, 9.17) is 5.73 Å². The number of ketones is 1. The molecule has 0 fully saturated rings. The van der Waals surface area contributed by atoms with Crippen LogP contribution in [0.3, 0.4) is 0 Å². The maximum absolute atomic E-state index is 11.9. The van der Waals surface area contributed by atoms with Crippen molar-refractivity contribution in [1.29, 1.82) is 0 Å². The first-order valence-corrected chi connectivity index (χ1v) is 6.49. The minimum atomic E-state index is -0.470. The molecule has 20 heavy (non-hydrogen) atoms. The van der Waals surface area contributed by atoms with Crippen LogP contribution in [-0.2, 0) is 0 Å². The number of benzene rings is 1. The van der Waals surface area contributed by atoms with Crippen molar-refractivity contribution in [2.75, 3.05) is 5.73 Å². The molecule has 6 nitrogen and oxygen atoms in total. The second-order valence-electron chi connectivity index (χ2n) is 4.01. The number of aromatic nitrogens is 1. The predicted octanol–water partition coefficient (Wildman–Crippen LogP) is 2.84. The average molecular weight is 289 g/mol. The number of nitrogen functional groups attached to an aromatic ring is 1. The number of hydrogen-bond acceptors (Lipinski definition) is 6. The molecule has 0 saturated carbocycles. The number of nitro groups is 1. The number of thiazole rings is 1. The van der Waals surface area contributed by atoms with Gasteiger partial charge in [0, 0.05) is 12.1 Å². The average Bonchev–Trinajstić information content (AvgIpc) is 2.75. The predicted molar refractivity (Wildman–Crippen MR) is 77.7 cm³/mol. The van der Waals surface area contributed by atoms with Gasteiger partial charge in [-0.1, -0.05) is 17.4 Å². The van der Waals surface area contributed by atoms with Crippen LogP contribution in [0.1, 0.15) is 20.9 Å². The van der Waals surface area contributed by atoms with Crippen molar-refractivity contribution in [2.24, 2.45) is 0 Å². The molecule has 0 saturated heterocycles. The van der Waals surface area contributed by atoms with Gasteiger partial charge in [0.2, 0.25) is 0 Å². The summed E-state index contributed by atoms with van der Waals surface area (Å²) in [6.45, 7) is 1.72. The molecule has 0 aliphatic rings. The first kappa shape index (κ1) is 13.9. The quantitative estimate of drug-likeness (QED) is 0.404. The maximum atomic E-state index is 11.9. The Hall–Kier alpha value is -2.54. The number of nitro benzene ring substituents is 1. The van der Waals surface area contributed by atoms with Gasteiger partial charge in [-0.05, 0) is 30.7 Å². The third-order valence-corrected chi connectivity index (χ3v) is 3.57. The summed E-state index contributed by atoms with van der Waals surface area (Å²) < 4.78 is 0. The number of rotatable bonds is 4. The molecular formula is C13H11N3O3S. The number of anilines is 1. The van der Waals surface area contributed by atoms with Crippen LogP contribution in [0.25, 0.3) is 6.08 Å². The zero-order valence-electron chi connectivity index (χ0n) is 10.6. The van der Waals surface area contributed by atoms with Crippen LogP contribution in [0, 0.1) is 17.0 Å². The Morgan fingerprint density at radius 1 is 1.40 bits per heavy atom. The summed E-state index contributed by atoms with van der Waals surface area (Å²) in [6.07, 6.45) is 3.00. The van der Waals surface area contributed by atoms with Crippen LogP contribution < -0.4 is 5.73 Å². The Kier molecular flexibility index (Phi) is 3.90. The van der Waals surface area contributed by atoms with Crippen molar-refractivity contribution in [3.63, 3.8) is 0 Å². The standard InChI is InChI=1S/C13H11N3O3S/c1-8-12(20-13(14)15-8)11(17)7-4-9-2-5-10(6-3-9)16(18)19/h2-7H,1H3,(H2,14,15)/b7-4+. The fourth-order valence-corrected chi connectivity index (χ4v) is 2.35. The number of allylic oxidation sites excluding steroid dienone is 1. The number of nitrogens with zero attached hydrogens (tertiary/aromatic N) is 2. The highest BCUT2D eigenvalue weighted by Crippen LogP contribution is 2.21. The molecule has 102 valence electrons. The molecule has 2 aromatic rings. The fourth-order valence-electron chi connectivity index (χ4n) is 1.60. The van der Waals surface area contributed by atoms with E-state index in [0.29, 0.717) is 21.3 Å². The highest BCUT2D eigenvalue weighted by molar-refractivity contribution is 7.17. The van der Waals surface area contributed by atoms with Crippen molar-refractivity contribution < 1.29 is 9.72 Å². The van der Waals surface area contributed by atoms with Crippen LogP contribution >= 0.6 is 11.3 Å². The Labute approximate surface area is 118 Å². The Balaban J connectivity index is 2.15. The van der Waals surface area contributed by atoms with E-state index in [2.05, 4.69) is 4.98 Å². The van der Waals surface area contributed by atoms with E-state index in [0.717, 1.165) is 11.3 Å². The van der Waals surface area contributed by atoms with E-state index in [1.165, 1.54) is 18.2 Å². The van der Waals surface area contributed by atoms with E-state index in [9.17, 15) is 14.9 Å². The number of nitrogens with two attached hydrogens (primary N) is 1. The van der Waals surface area contributed by atoms with Gasteiger partial charge < -0.3 is 5.73 Å². The van der Waals surface area contributed by atoms with Gasteiger partial charge in [-0.2, -0.15) is 0 Å². The molecule has 1 heterocycles. The molecule has 2 rings (SSSR count). The molecule has 0 aliphatic carbocycles. The summed E-state index contributed by atoms with van der Waals surface area (Å²) in [5.74, 6) is -0.185. The minimum Gasteiger partial charge on any atom is -0.375 e. The van der Waals surface area contributed by atoms with E-state index in [1.54, 1.807) is 25.1 Å². The zero-order valence-corrected chi connectivity index (χ0v) is 11.4. The smallest absolute Gasteiger partial charge is 0.269 e. The lowest BCUT2D eigenvalue weighted by Gasteiger charge is -1.94. The van der Waals surface area contributed by atoms with Gasteiger partial charge in [-0.25, -0.2) is 4.98 Å². The van der Waals surface area contributed by atoms with Crippen LogP contribution in [0.4, 0.5) is 10.8 Å². The van der Waals surface area contributed by atoms with Crippen LogP contribution in [-0.4, -0.2) is 15.7 Å². The van der Waals surface area contributed by atoms with Crippen molar-refractivity contribution in [1.82, 2.24) is 4.98 Å². The maximum Gasteiger partial charge on any atom is 0.269 e. The van der Waals surface area contributed by atoms with Crippen molar-refractivity contribution >= 4 is 34.0 Å². The fraction of sp³-hybridized carbons (Fsp3) is 0.0769. The Morgan fingerprint density at radius 2 is 2.05 bits per heavy atom. The van der Waals surface area contributed by atoms with Gasteiger partial charge in [-0.3, -0.25) is 14.9 Å². The van der Waals surface area contributed by atoms with Gasteiger partial charge >= 0.3 is 0 Å². The second kappa shape index (κ2) is 5.62. The van der Waals surface area contributed by atoms with Crippen LogP contribution in [0.2, 0.25) is 0 Å². The summed E-state index contributed by atoms with van der Waals surface area (Å²) >= 11 is 1.14. The third kappa shape index (κ3) is 3.07. The first-order valence-electron chi connectivity index (χ1n) is 5.67. The van der Waals surface area contributed by atoms with Gasteiger partial charge in [-0.15, -0.1) is 0 Å². The third-order valence-electron chi connectivity index (χ3n) is 2.57. The van der Waals surface area contributed by atoms with Gasteiger partial charge in [0.05, 0.1) is 15.5 Å². The summed E-state index contributed by atoms with van der Waals surface area (Å²) in [6, 6.07) is 5.94. The zero-order chi connectivity index (χ0) is 14.7. The summed E-state index contributed by atoms with van der Waals surface area (Å²) in [5, 5.41) is 10.9. The Bertz CT molecular complexity index is 689. The number of carbonyl (C=O) groups excluding carboxylic acids is 1. The van der Waals surface area contributed by atoms with E-state index < -0.39 is 4.92 Å². The molecule has 1 aromatic heterocycles. The first-order chi connectivity index (χ1) is 9.47. The highest BCUT2D eigenvalue weighted by Gasteiger charge is 2.11. The van der Waals surface area contributed by atoms with Crippen molar-refractivity contribution in [3.05, 3.63) is 56.6 Å². The molecule has 1 aromatic carbocycles.